The maximum atomic E-state index is 5.46. The molecule has 0 aromatic heterocycles. The molecule has 0 spiro atoms. The predicted octanol–water partition coefficient (Wildman–Crippen LogP) is 4.58. The molecule has 0 bridgehead atoms. The van der Waals surface area contributed by atoms with Gasteiger partial charge in [0.05, 0.1) is 7.11 Å². The summed E-state index contributed by atoms with van der Waals surface area (Å²) < 4.78 is 6.53. The Labute approximate surface area is 131 Å². The van der Waals surface area contributed by atoms with E-state index in [0.29, 0.717) is 0 Å². The molecule has 0 aliphatic heterocycles. The Hall–Kier alpha value is -0.800. The van der Waals surface area contributed by atoms with Gasteiger partial charge in [-0.15, -0.1) is 6.58 Å². The summed E-state index contributed by atoms with van der Waals surface area (Å²) in [6.07, 6.45) is 2.92. The lowest BCUT2D eigenvalue weighted by molar-refractivity contribution is 0.318. The number of benzene rings is 1. The Morgan fingerprint density at radius 1 is 1.30 bits per heavy atom. The van der Waals surface area contributed by atoms with E-state index >= 15 is 0 Å². The second kappa shape index (κ2) is 6.77. The minimum Gasteiger partial charge on any atom is -0.496 e. The van der Waals surface area contributed by atoms with Crippen molar-refractivity contribution < 1.29 is 4.74 Å². The minimum absolute atomic E-state index is 0.0125. The SMILES string of the molecule is C=CC(C)(CNC(C)(C)C)Cc1cc(Br)ccc1OC. The van der Waals surface area contributed by atoms with E-state index in [1.54, 1.807) is 7.11 Å². The molecule has 0 saturated heterocycles. The van der Waals surface area contributed by atoms with Crippen LogP contribution in [-0.4, -0.2) is 19.2 Å². The summed E-state index contributed by atoms with van der Waals surface area (Å²) in [5.41, 5.74) is 1.28. The maximum absolute atomic E-state index is 5.46. The van der Waals surface area contributed by atoms with Crippen LogP contribution >= 0.6 is 15.9 Å². The number of halogens is 1. The smallest absolute Gasteiger partial charge is 0.122 e. The third kappa shape index (κ3) is 5.29. The molecule has 1 rings (SSSR count). The van der Waals surface area contributed by atoms with Gasteiger partial charge in [-0.05, 0) is 51.0 Å². The molecule has 2 nitrogen and oxygen atoms in total. The molecule has 0 fully saturated rings. The van der Waals surface area contributed by atoms with Crippen LogP contribution in [0.4, 0.5) is 0 Å². The lowest BCUT2D eigenvalue weighted by Crippen LogP contribution is -2.43. The van der Waals surface area contributed by atoms with Crippen molar-refractivity contribution in [3.05, 3.63) is 40.9 Å². The molecule has 1 unspecified atom stereocenters. The molecule has 112 valence electrons. The molecule has 1 aromatic carbocycles. The molecule has 1 aromatic rings. The summed E-state index contributed by atoms with van der Waals surface area (Å²) in [6, 6.07) is 6.12. The van der Waals surface area contributed by atoms with Crippen LogP contribution in [0.3, 0.4) is 0 Å². The molecule has 3 heteroatoms. The van der Waals surface area contributed by atoms with Crippen molar-refractivity contribution in [2.24, 2.45) is 5.41 Å². The normalized spacial score (nSPS) is 14.7. The fraction of sp³-hybridized carbons (Fsp3) is 0.529. The van der Waals surface area contributed by atoms with Crippen molar-refractivity contribution in [1.82, 2.24) is 5.32 Å². The quantitative estimate of drug-likeness (QED) is 0.766. The van der Waals surface area contributed by atoms with Gasteiger partial charge in [0, 0.05) is 22.0 Å². The molecular weight excluding hydrogens is 314 g/mol. The molecule has 0 radical (unpaired) electrons. The van der Waals surface area contributed by atoms with Crippen molar-refractivity contribution in [2.75, 3.05) is 13.7 Å². The van der Waals surface area contributed by atoms with Crippen LogP contribution < -0.4 is 10.1 Å². The lowest BCUT2D eigenvalue weighted by Gasteiger charge is -2.31. The van der Waals surface area contributed by atoms with Gasteiger partial charge in [0.15, 0.2) is 0 Å². The summed E-state index contributed by atoms with van der Waals surface area (Å²) in [5, 5.41) is 3.56. The molecule has 0 saturated carbocycles. The van der Waals surface area contributed by atoms with Gasteiger partial charge in [-0.3, -0.25) is 0 Å². The van der Waals surface area contributed by atoms with Crippen molar-refractivity contribution in [1.29, 1.82) is 0 Å². The maximum Gasteiger partial charge on any atom is 0.122 e. The summed E-state index contributed by atoms with van der Waals surface area (Å²) in [4.78, 5) is 0. The van der Waals surface area contributed by atoms with Crippen LogP contribution in [0.2, 0.25) is 0 Å². The van der Waals surface area contributed by atoms with Crippen LogP contribution in [0.5, 0.6) is 5.75 Å². The van der Waals surface area contributed by atoms with E-state index in [0.717, 1.165) is 23.2 Å². The fourth-order valence-corrected chi connectivity index (χ4v) is 2.40. The summed E-state index contributed by atoms with van der Waals surface area (Å²) in [7, 11) is 1.71. The van der Waals surface area contributed by atoms with E-state index in [2.05, 4.69) is 61.6 Å². The van der Waals surface area contributed by atoms with Crippen molar-refractivity contribution in [3.8, 4) is 5.75 Å². The van der Waals surface area contributed by atoms with E-state index in [-0.39, 0.29) is 11.0 Å². The molecule has 0 amide bonds. The largest absolute Gasteiger partial charge is 0.496 e. The number of hydrogen-bond donors (Lipinski definition) is 1. The third-order valence-corrected chi connectivity index (χ3v) is 3.85. The van der Waals surface area contributed by atoms with E-state index in [1.165, 1.54) is 5.56 Å². The Kier molecular flexibility index (Phi) is 5.84. The van der Waals surface area contributed by atoms with Crippen molar-refractivity contribution in [2.45, 2.75) is 39.7 Å². The first-order chi connectivity index (χ1) is 9.19. The number of nitrogens with one attached hydrogen (secondary N) is 1. The molecule has 1 N–H and O–H groups in total. The molecule has 20 heavy (non-hydrogen) atoms. The molecule has 0 aliphatic rings. The minimum atomic E-state index is -0.0125. The second-order valence-corrected chi connectivity index (χ2v) is 7.51. The van der Waals surface area contributed by atoms with Crippen molar-refractivity contribution >= 4 is 15.9 Å². The van der Waals surface area contributed by atoms with Crippen LogP contribution in [-0.2, 0) is 6.42 Å². The highest BCUT2D eigenvalue weighted by atomic mass is 79.9. The van der Waals surface area contributed by atoms with Crippen LogP contribution in [0.15, 0.2) is 35.3 Å². The van der Waals surface area contributed by atoms with Gasteiger partial charge in [0.25, 0.3) is 0 Å². The predicted molar refractivity (Wildman–Crippen MR) is 90.5 cm³/mol. The van der Waals surface area contributed by atoms with Crippen molar-refractivity contribution in [3.63, 3.8) is 0 Å². The van der Waals surface area contributed by atoms with Gasteiger partial charge in [-0.2, -0.15) is 0 Å². The number of hydrogen-bond acceptors (Lipinski definition) is 2. The molecule has 0 heterocycles. The van der Waals surface area contributed by atoms with E-state index in [1.807, 2.05) is 18.2 Å². The van der Waals surface area contributed by atoms with Gasteiger partial charge in [0.2, 0.25) is 0 Å². The van der Waals surface area contributed by atoms with Gasteiger partial charge < -0.3 is 10.1 Å². The first kappa shape index (κ1) is 17.3. The van der Waals surface area contributed by atoms with Crippen LogP contribution in [0.25, 0.3) is 0 Å². The molecule has 0 aliphatic carbocycles. The Morgan fingerprint density at radius 2 is 1.95 bits per heavy atom. The third-order valence-electron chi connectivity index (χ3n) is 3.35. The number of ether oxygens (including phenoxy) is 1. The number of methoxy groups -OCH3 is 1. The fourth-order valence-electron chi connectivity index (χ4n) is 1.99. The van der Waals surface area contributed by atoms with E-state index in [9.17, 15) is 0 Å². The highest BCUT2D eigenvalue weighted by Crippen LogP contribution is 2.31. The zero-order valence-electron chi connectivity index (χ0n) is 13.2. The monoisotopic (exact) mass is 339 g/mol. The average molecular weight is 340 g/mol. The summed E-state index contributed by atoms with van der Waals surface area (Å²) >= 11 is 3.53. The van der Waals surface area contributed by atoms with E-state index in [4.69, 9.17) is 4.74 Å². The van der Waals surface area contributed by atoms with Gasteiger partial charge >= 0.3 is 0 Å². The van der Waals surface area contributed by atoms with Crippen LogP contribution in [0, 0.1) is 5.41 Å². The molecule has 1 atom stereocenters. The topological polar surface area (TPSA) is 21.3 Å². The second-order valence-electron chi connectivity index (χ2n) is 6.59. The Balaban J connectivity index is 2.92. The Morgan fingerprint density at radius 3 is 2.45 bits per heavy atom. The highest BCUT2D eigenvalue weighted by Gasteiger charge is 2.24. The van der Waals surface area contributed by atoms with Gasteiger partial charge in [-0.1, -0.05) is 28.9 Å². The Bertz CT molecular complexity index is 465. The zero-order valence-corrected chi connectivity index (χ0v) is 14.8. The van der Waals surface area contributed by atoms with Crippen LogP contribution in [0.1, 0.15) is 33.3 Å². The summed E-state index contributed by atoms with van der Waals surface area (Å²) in [6.45, 7) is 13.7. The first-order valence-electron chi connectivity index (χ1n) is 6.90. The number of rotatable bonds is 6. The standard InChI is InChI=1S/C17H26BrNO/c1-7-17(5,12-19-16(2,3)4)11-13-10-14(18)8-9-15(13)20-6/h7-10,19H,1,11-12H2,2-6H3. The van der Waals surface area contributed by atoms with Gasteiger partial charge in [-0.25, -0.2) is 0 Å². The average Bonchev–Trinajstić information content (AvgIpc) is 2.36. The van der Waals surface area contributed by atoms with Gasteiger partial charge in [0.1, 0.15) is 5.75 Å². The lowest BCUT2D eigenvalue weighted by atomic mass is 9.82. The summed E-state index contributed by atoms with van der Waals surface area (Å²) in [5.74, 6) is 0.928. The zero-order chi connectivity index (χ0) is 15.4. The first-order valence-corrected chi connectivity index (χ1v) is 7.69. The highest BCUT2D eigenvalue weighted by molar-refractivity contribution is 9.10. The van der Waals surface area contributed by atoms with E-state index < -0.39 is 0 Å². The molecular formula is C17H26BrNO.